The number of aliphatic hydroxyl groups excluding tert-OH is 1. The number of ether oxygens (including phenoxy) is 1. The summed E-state index contributed by atoms with van der Waals surface area (Å²) in [6, 6.07) is 11.0. The molecule has 0 bridgehead atoms. The smallest absolute Gasteiger partial charge is 0.0565 e. The second kappa shape index (κ2) is 7.77. The second-order valence-electron chi connectivity index (χ2n) is 5.95. The van der Waals surface area contributed by atoms with Crippen LogP contribution in [0.1, 0.15) is 44.6 Å². The number of nitrogens with one attached hydrogen (secondary N) is 1. The molecule has 1 aliphatic rings. The highest BCUT2D eigenvalue weighted by atomic mass is 16.5. The molecule has 1 aromatic carbocycles. The summed E-state index contributed by atoms with van der Waals surface area (Å²) in [6.45, 7) is 5.45. The second-order valence-corrected chi connectivity index (χ2v) is 5.95. The zero-order chi connectivity index (χ0) is 14.4. The van der Waals surface area contributed by atoms with E-state index >= 15 is 0 Å². The van der Waals surface area contributed by atoms with Crippen LogP contribution in [0.4, 0.5) is 0 Å². The van der Waals surface area contributed by atoms with Gasteiger partial charge in [0, 0.05) is 19.2 Å². The predicted molar refractivity (Wildman–Crippen MR) is 81.9 cm³/mol. The maximum Gasteiger partial charge on any atom is 0.0565 e. The lowest BCUT2D eigenvalue weighted by molar-refractivity contribution is -0.0422. The molecule has 20 heavy (non-hydrogen) atoms. The molecule has 1 saturated heterocycles. The van der Waals surface area contributed by atoms with Crippen molar-refractivity contribution in [3.05, 3.63) is 35.9 Å². The zero-order valence-corrected chi connectivity index (χ0v) is 12.6. The minimum Gasteiger partial charge on any atom is -0.396 e. The lowest BCUT2D eigenvalue weighted by Crippen LogP contribution is -2.42. The maximum atomic E-state index is 9.27. The maximum absolute atomic E-state index is 9.27. The van der Waals surface area contributed by atoms with E-state index < -0.39 is 0 Å². The van der Waals surface area contributed by atoms with Gasteiger partial charge in [-0.25, -0.2) is 0 Å². The molecule has 1 fully saturated rings. The quantitative estimate of drug-likeness (QED) is 0.840. The van der Waals surface area contributed by atoms with Crippen LogP contribution in [0.3, 0.4) is 0 Å². The summed E-state index contributed by atoms with van der Waals surface area (Å²) in [4.78, 5) is 0. The number of hydrogen-bond donors (Lipinski definition) is 2. The highest BCUT2D eigenvalue weighted by Gasteiger charge is 2.24. The lowest BCUT2D eigenvalue weighted by atomic mass is 9.94. The molecule has 1 aliphatic heterocycles. The van der Waals surface area contributed by atoms with Gasteiger partial charge in [0.25, 0.3) is 0 Å². The van der Waals surface area contributed by atoms with Gasteiger partial charge in [-0.05, 0) is 44.6 Å². The Morgan fingerprint density at radius 3 is 2.45 bits per heavy atom. The van der Waals surface area contributed by atoms with E-state index in [0.717, 1.165) is 25.8 Å². The third-order valence-corrected chi connectivity index (χ3v) is 4.10. The van der Waals surface area contributed by atoms with Gasteiger partial charge in [-0.1, -0.05) is 30.3 Å². The van der Waals surface area contributed by atoms with Crippen molar-refractivity contribution in [2.45, 2.75) is 57.3 Å². The number of hydrogen-bond acceptors (Lipinski definition) is 3. The Labute approximate surface area is 122 Å². The Balaban J connectivity index is 1.89. The molecule has 0 aliphatic carbocycles. The molecule has 0 amide bonds. The van der Waals surface area contributed by atoms with Crippen molar-refractivity contribution in [1.29, 1.82) is 0 Å². The minimum atomic E-state index is 0.238. The van der Waals surface area contributed by atoms with E-state index in [1.807, 2.05) is 6.07 Å². The lowest BCUT2D eigenvalue weighted by Gasteiger charge is -2.33. The molecule has 1 heterocycles. The Morgan fingerprint density at radius 2 is 1.85 bits per heavy atom. The van der Waals surface area contributed by atoms with Crippen LogP contribution < -0.4 is 5.32 Å². The zero-order valence-electron chi connectivity index (χ0n) is 12.6. The Bertz CT molecular complexity index is 372. The van der Waals surface area contributed by atoms with Crippen LogP contribution in [0.2, 0.25) is 0 Å². The van der Waals surface area contributed by atoms with Gasteiger partial charge in [0.1, 0.15) is 0 Å². The number of benzene rings is 1. The first kappa shape index (κ1) is 15.5. The van der Waals surface area contributed by atoms with Gasteiger partial charge in [-0.2, -0.15) is 0 Å². The summed E-state index contributed by atoms with van der Waals surface area (Å²) < 4.78 is 5.78. The normalized spacial score (nSPS) is 28.2. The van der Waals surface area contributed by atoms with E-state index in [1.54, 1.807) is 0 Å². The summed E-state index contributed by atoms with van der Waals surface area (Å²) in [7, 11) is 0. The third kappa shape index (κ3) is 4.58. The molecule has 0 aromatic heterocycles. The fraction of sp³-hybridized carbons (Fsp3) is 0.647. The largest absolute Gasteiger partial charge is 0.396 e. The number of aliphatic hydroxyl groups is 1. The first-order valence-electron chi connectivity index (χ1n) is 7.73. The molecule has 0 saturated carbocycles. The van der Waals surface area contributed by atoms with Crippen LogP contribution >= 0.6 is 0 Å². The monoisotopic (exact) mass is 277 g/mol. The summed E-state index contributed by atoms with van der Waals surface area (Å²) in [5.74, 6) is 0.384. The van der Waals surface area contributed by atoms with E-state index in [1.165, 1.54) is 5.56 Å². The third-order valence-electron chi connectivity index (χ3n) is 4.10. The van der Waals surface area contributed by atoms with Crippen molar-refractivity contribution in [2.24, 2.45) is 0 Å². The molecule has 1 aromatic rings. The van der Waals surface area contributed by atoms with Crippen LogP contribution in [0.25, 0.3) is 0 Å². The average molecular weight is 277 g/mol. The van der Waals surface area contributed by atoms with Gasteiger partial charge in [-0.15, -0.1) is 0 Å². The van der Waals surface area contributed by atoms with Gasteiger partial charge >= 0.3 is 0 Å². The van der Waals surface area contributed by atoms with E-state index in [2.05, 4.69) is 43.4 Å². The van der Waals surface area contributed by atoms with Crippen LogP contribution in [0.15, 0.2) is 30.3 Å². The standard InChI is InChI=1S/C17H27NO2/c1-13-10-17(11-14(2)20-13)18-12-16(8-9-19)15-6-4-3-5-7-15/h3-7,13-14,16-19H,8-12H2,1-2H3. The SMILES string of the molecule is CC1CC(NCC(CCO)c2ccccc2)CC(C)O1. The van der Waals surface area contributed by atoms with Gasteiger partial charge in [-0.3, -0.25) is 0 Å². The van der Waals surface area contributed by atoms with E-state index in [4.69, 9.17) is 4.74 Å². The first-order chi connectivity index (χ1) is 9.69. The predicted octanol–water partition coefficient (Wildman–Crippen LogP) is 2.70. The molecule has 3 nitrogen and oxygen atoms in total. The molecule has 0 radical (unpaired) electrons. The molecule has 0 spiro atoms. The fourth-order valence-electron chi connectivity index (χ4n) is 3.15. The number of rotatable bonds is 6. The molecule has 3 heteroatoms. The van der Waals surface area contributed by atoms with E-state index in [9.17, 15) is 5.11 Å². The van der Waals surface area contributed by atoms with Gasteiger partial charge < -0.3 is 15.2 Å². The van der Waals surface area contributed by atoms with Crippen molar-refractivity contribution in [3.8, 4) is 0 Å². The molecule has 112 valence electrons. The Hall–Kier alpha value is -0.900. The highest BCUT2D eigenvalue weighted by molar-refractivity contribution is 5.19. The van der Waals surface area contributed by atoms with E-state index in [0.29, 0.717) is 24.2 Å². The molecular weight excluding hydrogens is 250 g/mol. The minimum absolute atomic E-state index is 0.238. The molecule has 3 atom stereocenters. The molecular formula is C17H27NO2. The fourth-order valence-corrected chi connectivity index (χ4v) is 3.15. The van der Waals surface area contributed by atoms with Crippen molar-refractivity contribution < 1.29 is 9.84 Å². The van der Waals surface area contributed by atoms with Crippen LogP contribution in [-0.4, -0.2) is 36.5 Å². The van der Waals surface area contributed by atoms with E-state index in [-0.39, 0.29) is 6.61 Å². The van der Waals surface area contributed by atoms with Gasteiger partial charge in [0.05, 0.1) is 12.2 Å². The topological polar surface area (TPSA) is 41.5 Å². The highest BCUT2D eigenvalue weighted by Crippen LogP contribution is 2.22. The van der Waals surface area contributed by atoms with Crippen LogP contribution in [-0.2, 0) is 4.74 Å². The first-order valence-corrected chi connectivity index (χ1v) is 7.73. The summed E-state index contributed by atoms with van der Waals surface area (Å²) in [5, 5.41) is 12.9. The Morgan fingerprint density at radius 1 is 1.20 bits per heavy atom. The van der Waals surface area contributed by atoms with Gasteiger partial charge in [0.15, 0.2) is 0 Å². The summed E-state index contributed by atoms with van der Waals surface area (Å²) in [5.41, 5.74) is 1.31. The van der Waals surface area contributed by atoms with Crippen molar-refractivity contribution in [1.82, 2.24) is 5.32 Å². The summed E-state index contributed by atoms with van der Waals surface area (Å²) >= 11 is 0. The van der Waals surface area contributed by atoms with Gasteiger partial charge in [0.2, 0.25) is 0 Å². The van der Waals surface area contributed by atoms with Crippen molar-refractivity contribution >= 4 is 0 Å². The van der Waals surface area contributed by atoms with Crippen LogP contribution in [0.5, 0.6) is 0 Å². The summed E-state index contributed by atoms with van der Waals surface area (Å²) in [6.07, 6.45) is 3.63. The molecule has 2 N–H and O–H groups in total. The van der Waals surface area contributed by atoms with Crippen molar-refractivity contribution in [3.63, 3.8) is 0 Å². The average Bonchev–Trinajstić information content (AvgIpc) is 2.43. The van der Waals surface area contributed by atoms with Crippen molar-refractivity contribution in [2.75, 3.05) is 13.2 Å². The molecule has 3 unspecified atom stereocenters. The molecule has 2 rings (SSSR count). The van der Waals surface area contributed by atoms with Crippen LogP contribution in [0, 0.1) is 0 Å². The Kier molecular flexibility index (Phi) is 6.02.